The monoisotopic (exact) mass is 330 g/mol. The van der Waals surface area contributed by atoms with Crippen LogP contribution >= 0.6 is 11.6 Å². The van der Waals surface area contributed by atoms with Crippen molar-refractivity contribution in [2.45, 2.75) is 11.8 Å². The Morgan fingerprint density at radius 1 is 1.29 bits per heavy atom. The van der Waals surface area contributed by atoms with Gasteiger partial charge in [-0.1, -0.05) is 11.6 Å². The van der Waals surface area contributed by atoms with E-state index in [2.05, 4.69) is 20.0 Å². The number of anilines is 2. The molecule has 1 heterocycles. The smallest absolute Gasteiger partial charge is 0.265 e. The van der Waals surface area contributed by atoms with Crippen molar-refractivity contribution in [2.24, 2.45) is 0 Å². The van der Waals surface area contributed by atoms with Crippen molar-refractivity contribution in [2.75, 3.05) is 16.6 Å². The van der Waals surface area contributed by atoms with Gasteiger partial charge < -0.3 is 5.32 Å². The summed E-state index contributed by atoms with van der Waals surface area (Å²) in [5, 5.41) is 2.81. The van der Waals surface area contributed by atoms with Crippen LogP contribution in [-0.4, -0.2) is 24.9 Å². The zero-order valence-corrected chi connectivity index (χ0v) is 12.5. The topological polar surface area (TPSA) is 84.0 Å². The SMILES string of the molecule is CCNc1ncc(S(=O)(=O)Nc2ccc(F)cc2Cl)cn1. The molecule has 0 saturated carbocycles. The maximum Gasteiger partial charge on any atom is 0.265 e. The van der Waals surface area contributed by atoms with Gasteiger partial charge >= 0.3 is 0 Å². The van der Waals surface area contributed by atoms with Gasteiger partial charge in [-0.05, 0) is 25.1 Å². The lowest BCUT2D eigenvalue weighted by atomic mass is 10.3. The predicted octanol–water partition coefficient (Wildman–Crippen LogP) is 2.50. The Labute approximate surface area is 126 Å². The normalized spacial score (nSPS) is 11.2. The molecule has 2 rings (SSSR count). The lowest BCUT2D eigenvalue weighted by molar-refractivity contribution is 0.600. The number of rotatable bonds is 5. The van der Waals surface area contributed by atoms with Crippen molar-refractivity contribution in [1.29, 1.82) is 0 Å². The maximum absolute atomic E-state index is 12.9. The van der Waals surface area contributed by atoms with Gasteiger partial charge in [0.25, 0.3) is 10.0 Å². The van der Waals surface area contributed by atoms with Gasteiger partial charge in [0.05, 0.1) is 23.1 Å². The van der Waals surface area contributed by atoms with E-state index in [1.807, 2.05) is 6.92 Å². The Balaban J connectivity index is 2.25. The first kappa shape index (κ1) is 15.5. The number of benzene rings is 1. The van der Waals surface area contributed by atoms with E-state index in [1.54, 1.807) is 0 Å². The first-order valence-electron chi connectivity index (χ1n) is 5.96. The molecule has 0 aliphatic rings. The van der Waals surface area contributed by atoms with Crippen LogP contribution in [-0.2, 0) is 10.0 Å². The summed E-state index contributed by atoms with van der Waals surface area (Å²) in [7, 11) is -3.89. The number of nitrogens with zero attached hydrogens (tertiary/aromatic N) is 2. The average Bonchev–Trinajstić information content (AvgIpc) is 2.43. The van der Waals surface area contributed by atoms with Crippen LogP contribution in [0.4, 0.5) is 16.0 Å². The molecule has 0 aliphatic carbocycles. The van der Waals surface area contributed by atoms with Gasteiger partial charge in [-0.15, -0.1) is 0 Å². The van der Waals surface area contributed by atoms with Crippen LogP contribution in [0.1, 0.15) is 6.92 Å². The first-order chi connectivity index (χ1) is 9.92. The maximum atomic E-state index is 12.9. The molecule has 0 spiro atoms. The molecule has 0 fully saturated rings. The molecular weight excluding hydrogens is 319 g/mol. The van der Waals surface area contributed by atoms with Gasteiger partial charge in [0.1, 0.15) is 10.7 Å². The van der Waals surface area contributed by atoms with Gasteiger partial charge in [0.15, 0.2) is 0 Å². The van der Waals surface area contributed by atoms with Crippen molar-refractivity contribution >= 4 is 33.3 Å². The van der Waals surface area contributed by atoms with Crippen LogP contribution in [0.15, 0.2) is 35.5 Å². The molecular formula is C12H12ClFN4O2S. The van der Waals surface area contributed by atoms with E-state index in [0.29, 0.717) is 12.5 Å². The van der Waals surface area contributed by atoms with E-state index in [-0.39, 0.29) is 15.6 Å². The van der Waals surface area contributed by atoms with Crippen molar-refractivity contribution in [3.05, 3.63) is 41.4 Å². The average molecular weight is 331 g/mol. The number of hydrogen-bond donors (Lipinski definition) is 2. The Bertz CT molecular complexity index is 737. The Kier molecular flexibility index (Phi) is 4.59. The second kappa shape index (κ2) is 6.23. The number of nitrogens with one attached hydrogen (secondary N) is 2. The van der Waals surface area contributed by atoms with Gasteiger partial charge in [0.2, 0.25) is 5.95 Å². The molecule has 9 heteroatoms. The minimum absolute atomic E-state index is 0.0382. The van der Waals surface area contributed by atoms with Crippen LogP contribution in [0.3, 0.4) is 0 Å². The lowest BCUT2D eigenvalue weighted by Gasteiger charge is -2.09. The molecule has 0 saturated heterocycles. The summed E-state index contributed by atoms with van der Waals surface area (Å²) >= 11 is 5.78. The molecule has 112 valence electrons. The van der Waals surface area contributed by atoms with E-state index >= 15 is 0 Å². The first-order valence-corrected chi connectivity index (χ1v) is 7.82. The fraction of sp³-hybridized carbons (Fsp3) is 0.167. The second-order valence-corrected chi connectivity index (χ2v) is 6.09. The lowest BCUT2D eigenvalue weighted by Crippen LogP contribution is -2.14. The third kappa shape index (κ3) is 3.79. The highest BCUT2D eigenvalue weighted by atomic mass is 35.5. The molecule has 2 aromatic rings. The van der Waals surface area contributed by atoms with E-state index in [9.17, 15) is 12.8 Å². The van der Waals surface area contributed by atoms with Gasteiger partial charge in [-0.2, -0.15) is 0 Å². The van der Waals surface area contributed by atoms with Crippen molar-refractivity contribution in [1.82, 2.24) is 9.97 Å². The van der Waals surface area contributed by atoms with Gasteiger partial charge in [-0.3, -0.25) is 4.72 Å². The van der Waals surface area contributed by atoms with Crippen molar-refractivity contribution < 1.29 is 12.8 Å². The third-order valence-electron chi connectivity index (χ3n) is 2.45. The predicted molar refractivity (Wildman–Crippen MR) is 78.4 cm³/mol. The molecule has 0 atom stereocenters. The summed E-state index contributed by atoms with van der Waals surface area (Å²) < 4.78 is 39.5. The highest BCUT2D eigenvalue weighted by Gasteiger charge is 2.17. The zero-order valence-electron chi connectivity index (χ0n) is 11.0. The Morgan fingerprint density at radius 3 is 2.52 bits per heavy atom. The molecule has 0 amide bonds. The largest absolute Gasteiger partial charge is 0.355 e. The summed E-state index contributed by atoms with van der Waals surface area (Å²) in [5.41, 5.74) is 0.0776. The summed E-state index contributed by atoms with van der Waals surface area (Å²) in [4.78, 5) is 7.64. The van der Waals surface area contributed by atoms with Gasteiger partial charge in [0, 0.05) is 6.54 Å². The van der Waals surface area contributed by atoms with Gasteiger partial charge in [-0.25, -0.2) is 22.8 Å². The van der Waals surface area contributed by atoms with Crippen LogP contribution in [0.25, 0.3) is 0 Å². The van der Waals surface area contributed by atoms with Crippen LogP contribution < -0.4 is 10.0 Å². The molecule has 0 unspecified atom stereocenters. The van der Waals surface area contributed by atoms with E-state index in [1.165, 1.54) is 18.5 Å². The Hall–Kier alpha value is -1.93. The Morgan fingerprint density at radius 2 is 1.95 bits per heavy atom. The molecule has 0 aliphatic heterocycles. The van der Waals surface area contributed by atoms with Crippen LogP contribution in [0.2, 0.25) is 5.02 Å². The highest BCUT2D eigenvalue weighted by Crippen LogP contribution is 2.25. The molecule has 21 heavy (non-hydrogen) atoms. The van der Waals surface area contributed by atoms with Crippen molar-refractivity contribution in [3.63, 3.8) is 0 Å². The highest BCUT2D eigenvalue weighted by molar-refractivity contribution is 7.92. The number of aromatic nitrogens is 2. The van der Waals surface area contributed by atoms with Crippen LogP contribution in [0.5, 0.6) is 0 Å². The molecule has 1 aromatic heterocycles. The van der Waals surface area contributed by atoms with E-state index < -0.39 is 15.8 Å². The summed E-state index contributed by atoms with van der Waals surface area (Å²) in [5.74, 6) is -0.225. The quantitative estimate of drug-likeness (QED) is 0.880. The zero-order chi connectivity index (χ0) is 15.5. The van der Waals surface area contributed by atoms with Crippen LogP contribution in [0, 0.1) is 5.82 Å². The fourth-order valence-corrected chi connectivity index (χ4v) is 2.72. The number of sulfonamides is 1. The molecule has 0 radical (unpaired) electrons. The second-order valence-electron chi connectivity index (χ2n) is 4.00. The minimum Gasteiger partial charge on any atom is -0.355 e. The summed E-state index contributed by atoms with van der Waals surface area (Å²) in [6, 6.07) is 3.36. The molecule has 2 N–H and O–H groups in total. The summed E-state index contributed by atoms with van der Waals surface area (Å²) in [6.45, 7) is 2.49. The standard InChI is InChI=1S/C12H12ClFN4O2S/c1-2-15-12-16-6-9(7-17-12)21(19,20)18-11-4-3-8(14)5-10(11)13/h3-7,18H,2H2,1H3,(H,15,16,17). The third-order valence-corrected chi connectivity index (χ3v) is 4.08. The number of hydrogen-bond acceptors (Lipinski definition) is 5. The number of halogens is 2. The van der Waals surface area contributed by atoms with Crippen molar-refractivity contribution in [3.8, 4) is 0 Å². The minimum atomic E-state index is -3.89. The van der Waals surface area contributed by atoms with E-state index in [0.717, 1.165) is 12.1 Å². The molecule has 0 bridgehead atoms. The fourth-order valence-electron chi connectivity index (χ4n) is 1.48. The van der Waals surface area contributed by atoms with E-state index in [4.69, 9.17) is 11.6 Å². The molecule has 1 aromatic carbocycles. The molecule has 6 nitrogen and oxygen atoms in total. The summed E-state index contributed by atoms with van der Waals surface area (Å²) in [6.07, 6.45) is 2.34.